The van der Waals surface area contributed by atoms with E-state index in [9.17, 15) is 4.79 Å². The number of imidazole rings is 1. The first-order valence-corrected chi connectivity index (χ1v) is 5.40. The highest BCUT2D eigenvalue weighted by molar-refractivity contribution is 5.37. The zero-order valence-corrected chi connectivity index (χ0v) is 9.32. The van der Waals surface area contributed by atoms with Gasteiger partial charge in [0.25, 0.3) is 6.47 Å². The first-order valence-electron chi connectivity index (χ1n) is 5.40. The Morgan fingerprint density at radius 3 is 3.00 bits per heavy atom. The van der Waals surface area contributed by atoms with Gasteiger partial charge in [0.1, 0.15) is 0 Å². The van der Waals surface area contributed by atoms with Crippen molar-refractivity contribution in [3.63, 3.8) is 0 Å². The molecule has 0 aliphatic carbocycles. The molecule has 0 aliphatic heterocycles. The summed E-state index contributed by atoms with van der Waals surface area (Å²) in [6.45, 7) is 5.14. The van der Waals surface area contributed by atoms with Gasteiger partial charge in [-0.05, 0) is 12.8 Å². The number of carbonyl (C=O) groups is 1. The van der Waals surface area contributed by atoms with Crippen molar-refractivity contribution < 1.29 is 9.53 Å². The summed E-state index contributed by atoms with van der Waals surface area (Å²) in [6, 6.07) is 0. The molecule has 1 aromatic heterocycles. The van der Waals surface area contributed by atoms with Crippen molar-refractivity contribution in [1.82, 2.24) is 9.97 Å². The van der Waals surface area contributed by atoms with Crippen LogP contribution in [0.25, 0.3) is 0 Å². The molecule has 4 heteroatoms. The number of aromatic nitrogens is 2. The van der Waals surface area contributed by atoms with Gasteiger partial charge in [0.15, 0.2) is 0 Å². The van der Waals surface area contributed by atoms with E-state index in [2.05, 4.69) is 23.8 Å². The topological polar surface area (TPSA) is 55.0 Å². The summed E-state index contributed by atoms with van der Waals surface area (Å²) in [5, 5.41) is 0. The largest absolute Gasteiger partial charge is 0.467 e. The van der Waals surface area contributed by atoms with Crippen LogP contribution in [0.15, 0.2) is 6.33 Å². The van der Waals surface area contributed by atoms with Gasteiger partial charge in [-0.25, -0.2) is 4.98 Å². The maximum atomic E-state index is 10.2. The molecule has 1 rings (SSSR count). The zero-order chi connectivity index (χ0) is 11.1. The van der Waals surface area contributed by atoms with Gasteiger partial charge in [0.2, 0.25) is 0 Å². The molecule has 0 spiro atoms. The molecule has 1 unspecified atom stereocenters. The number of aromatic amines is 1. The van der Waals surface area contributed by atoms with E-state index in [4.69, 9.17) is 4.74 Å². The second-order valence-corrected chi connectivity index (χ2v) is 3.53. The van der Waals surface area contributed by atoms with Crippen LogP contribution in [0.5, 0.6) is 0 Å². The number of H-pyrrole nitrogens is 1. The number of hydrogen-bond donors (Lipinski definition) is 1. The summed E-state index contributed by atoms with van der Waals surface area (Å²) in [5.74, 6) is 0.248. The van der Waals surface area contributed by atoms with Crippen molar-refractivity contribution >= 4 is 6.47 Å². The fraction of sp³-hybridized carbons (Fsp3) is 0.636. The Kier molecular flexibility index (Phi) is 4.87. The summed E-state index contributed by atoms with van der Waals surface area (Å²) in [5.41, 5.74) is 2.18. The smallest absolute Gasteiger partial charge is 0.293 e. The van der Waals surface area contributed by atoms with Crippen LogP contribution in [0.3, 0.4) is 0 Å². The van der Waals surface area contributed by atoms with E-state index >= 15 is 0 Å². The van der Waals surface area contributed by atoms with Crippen molar-refractivity contribution in [2.24, 2.45) is 0 Å². The average molecular weight is 210 g/mol. The molecule has 4 nitrogen and oxygen atoms in total. The van der Waals surface area contributed by atoms with E-state index in [1.165, 1.54) is 0 Å². The SMILES string of the molecule is CCCC(COC=O)c1[nH]cnc1CC. The number of carbonyl (C=O) groups excluding carboxylic acids is 1. The maximum absolute atomic E-state index is 10.2. The van der Waals surface area contributed by atoms with Crippen molar-refractivity contribution in [3.8, 4) is 0 Å². The van der Waals surface area contributed by atoms with Crippen LogP contribution >= 0.6 is 0 Å². The molecule has 0 bridgehead atoms. The number of rotatable bonds is 7. The third-order valence-electron chi connectivity index (χ3n) is 2.50. The molecule has 1 heterocycles. The second-order valence-electron chi connectivity index (χ2n) is 3.53. The van der Waals surface area contributed by atoms with Crippen LogP contribution in [0.1, 0.15) is 44.0 Å². The van der Waals surface area contributed by atoms with Gasteiger partial charge in [-0.15, -0.1) is 0 Å². The predicted molar refractivity (Wildman–Crippen MR) is 57.6 cm³/mol. The van der Waals surface area contributed by atoms with Crippen molar-refractivity contribution in [1.29, 1.82) is 0 Å². The Bertz CT molecular complexity index is 297. The van der Waals surface area contributed by atoms with Crippen molar-refractivity contribution in [2.75, 3.05) is 6.61 Å². The standard InChI is InChI=1S/C11H18N2O2/c1-3-5-9(6-15-8-14)11-10(4-2)12-7-13-11/h7-9H,3-6H2,1-2H3,(H,12,13). The van der Waals surface area contributed by atoms with Crippen LogP contribution in [0.4, 0.5) is 0 Å². The number of nitrogens with one attached hydrogen (secondary N) is 1. The predicted octanol–water partition coefficient (Wildman–Crippen LogP) is 2.03. The number of hydrogen-bond acceptors (Lipinski definition) is 3. The van der Waals surface area contributed by atoms with Gasteiger partial charge >= 0.3 is 0 Å². The Hall–Kier alpha value is -1.32. The first kappa shape index (κ1) is 11.8. The van der Waals surface area contributed by atoms with Crippen LogP contribution in [-0.4, -0.2) is 23.0 Å². The minimum Gasteiger partial charge on any atom is -0.467 e. The van der Waals surface area contributed by atoms with Gasteiger partial charge < -0.3 is 9.72 Å². The lowest BCUT2D eigenvalue weighted by atomic mass is 9.98. The van der Waals surface area contributed by atoms with E-state index in [1.807, 2.05) is 0 Å². The quantitative estimate of drug-likeness (QED) is 0.700. The molecule has 0 saturated carbocycles. The molecule has 1 atom stereocenters. The average Bonchev–Trinajstić information content (AvgIpc) is 2.72. The number of nitrogens with zero attached hydrogens (tertiary/aromatic N) is 1. The molecular formula is C11H18N2O2. The fourth-order valence-electron chi connectivity index (χ4n) is 1.78. The van der Waals surface area contributed by atoms with Crippen LogP contribution < -0.4 is 0 Å². The van der Waals surface area contributed by atoms with Crippen molar-refractivity contribution in [2.45, 2.75) is 39.0 Å². The van der Waals surface area contributed by atoms with E-state index in [0.717, 1.165) is 30.7 Å². The van der Waals surface area contributed by atoms with Gasteiger partial charge in [0.05, 0.1) is 18.6 Å². The summed E-state index contributed by atoms with van der Waals surface area (Å²) in [6.07, 6.45) is 4.68. The van der Waals surface area contributed by atoms with Gasteiger partial charge in [0, 0.05) is 11.6 Å². The lowest BCUT2D eigenvalue weighted by Gasteiger charge is -2.14. The molecular weight excluding hydrogens is 192 g/mol. The highest BCUT2D eigenvalue weighted by Gasteiger charge is 2.16. The summed E-state index contributed by atoms with van der Waals surface area (Å²) in [7, 11) is 0. The monoisotopic (exact) mass is 210 g/mol. The Balaban J connectivity index is 2.73. The molecule has 84 valence electrons. The number of ether oxygens (including phenoxy) is 1. The highest BCUT2D eigenvalue weighted by Crippen LogP contribution is 2.22. The fourth-order valence-corrected chi connectivity index (χ4v) is 1.78. The Morgan fingerprint density at radius 2 is 2.40 bits per heavy atom. The van der Waals surface area contributed by atoms with Gasteiger partial charge in [-0.2, -0.15) is 0 Å². The van der Waals surface area contributed by atoms with Crippen molar-refractivity contribution in [3.05, 3.63) is 17.7 Å². The highest BCUT2D eigenvalue weighted by atomic mass is 16.5. The molecule has 0 aromatic carbocycles. The van der Waals surface area contributed by atoms with E-state index < -0.39 is 0 Å². The summed E-state index contributed by atoms with van der Waals surface area (Å²) >= 11 is 0. The maximum Gasteiger partial charge on any atom is 0.293 e. The normalized spacial score (nSPS) is 12.4. The van der Waals surface area contributed by atoms with Crippen LogP contribution in [0, 0.1) is 0 Å². The van der Waals surface area contributed by atoms with E-state index in [0.29, 0.717) is 13.1 Å². The zero-order valence-electron chi connectivity index (χ0n) is 9.32. The lowest BCUT2D eigenvalue weighted by Crippen LogP contribution is -2.09. The first-order chi connectivity index (χ1) is 7.33. The van der Waals surface area contributed by atoms with Crippen LogP contribution in [-0.2, 0) is 16.0 Å². The molecule has 0 fully saturated rings. The summed E-state index contributed by atoms with van der Waals surface area (Å²) < 4.78 is 4.84. The van der Waals surface area contributed by atoms with Gasteiger partial charge in [-0.3, -0.25) is 4.79 Å². The molecule has 0 radical (unpaired) electrons. The lowest BCUT2D eigenvalue weighted by molar-refractivity contribution is -0.129. The second kappa shape index (κ2) is 6.22. The Morgan fingerprint density at radius 1 is 1.60 bits per heavy atom. The molecule has 0 aliphatic rings. The van der Waals surface area contributed by atoms with Gasteiger partial charge in [-0.1, -0.05) is 20.3 Å². The molecule has 1 N–H and O–H groups in total. The third kappa shape index (κ3) is 3.08. The molecule has 15 heavy (non-hydrogen) atoms. The summed E-state index contributed by atoms with van der Waals surface area (Å²) in [4.78, 5) is 17.6. The Labute approximate surface area is 90.1 Å². The van der Waals surface area contributed by atoms with E-state index in [1.54, 1.807) is 6.33 Å². The molecule has 1 aromatic rings. The minimum absolute atomic E-state index is 0.248. The van der Waals surface area contributed by atoms with E-state index in [-0.39, 0.29) is 5.92 Å². The number of aryl methyl sites for hydroxylation is 1. The van der Waals surface area contributed by atoms with Crippen LogP contribution in [0.2, 0.25) is 0 Å². The minimum atomic E-state index is 0.248. The molecule has 0 saturated heterocycles. The third-order valence-corrected chi connectivity index (χ3v) is 2.50. The molecule has 0 amide bonds.